The predicted molar refractivity (Wildman–Crippen MR) is 110 cm³/mol. The summed E-state index contributed by atoms with van der Waals surface area (Å²) in [6.07, 6.45) is -3.66. The lowest BCUT2D eigenvalue weighted by molar-refractivity contribution is -0.163. The van der Waals surface area contributed by atoms with E-state index in [1.54, 1.807) is 36.1 Å². The van der Waals surface area contributed by atoms with Gasteiger partial charge in [-0.2, -0.15) is 13.2 Å². The minimum absolute atomic E-state index is 0.0664. The van der Waals surface area contributed by atoms with Crippen LogP contribution in [0.3, 0.4) is 0 Å². The number of hydrogen-bond donors (Lipinski definition) is 1. The van der Waals surface area contributed by atoms with Crippen molar-refractivity contribution in [3.8, 4) is 0 Å². The number of hydrogen-bond acceptors (Lipinski definition) is 4. The third-order valence-corrected chi connectivity index (χ3v) is 8.27. The lowest BCUT2D eigenvalue weighted by Crippen LogP contribution is -2.60. The average Bonchev–Trinajstić information content (AvgIpc) is 2.66. The molecule has 1 saturated heterocycles. The van der Waals surface area contributed by atoms with E-state index in [1.165, 1.54) is 11.2 Å². The number of sulfonamides is 1. The molecule has 0 aromatic heterocycles. The smallest absolute Gasteiger partial charge is 0.306 e. The molecular formula is C20H28F3N3O3S. The SMILES string of the molecule is CCCC1CC(C(F)(F)F)NCC1S(=O)(=O)N1C[C@H](C)N(C(C)=O)c2ccccc21. The molecule has 0 saturated carbocycles. The number of amides is 1. The van der Waals surface area contributed by atoms with E-state index in [4.69, 9.17) is 0 Å². The topological polar surface area (TPSA) is 69.7 Å². The Kier molecular flexibility index (Phi) is 6.38. The highest BCUT2D eigenvalue weighted by molar-refractivity contribution is 7.93. The molecule has 3 rings (SSSR count). The molecule has 3 unspecified atom stereocenters. The van der Waals surface area contributed by atoms with Gasteiger partial charge in [-0.15, -0.1) is 0 Å². The molecule has 6 nitrogen and oxygen atoms in total. The average molecular weight is 448 g/mol. The van der Waals surface area contributed by atoms with Crippen LogP contribution in [-0.4, -0.2) is 50.9 Å². The minimum Gasteiger partial charge on any atom is -0.306 e. The Morgan fingerprint density at radius 3 is 2.43 bits per heavy atom. The van der Waals surface area contributed by atoms with Crippen molar-refractivity contribution in [2.24, 2.45) is 5.92 Å². The number of rotatable bonds is 4. The number of nitrogens with one attached hydrogen (secondary N) is 1. The van der Waals surface area contributed by atoms with Gasteiger partial charge < -0.3 is 10.2 Å². The number of carbonyl (C=O) groups excluding carboxylic acids is 1. The van der Waals surface area contributed by atoms with E-state index >= 15 is 0 Å². The first-order valence-electron chi connectivity index (χ1n) is 10.2. The number of piperidine rings is 1. The van der Waals surface area contributed by atoms with Crippen LogP contribution >= 0.6 is 0 Å². The summed E-state index contributed by atoms with van der Waals surface area (Å²) < 4.78 is 68.3. The molecule has 10 heteroatoms. The van der Waals surface area contributed by atoms with Gasteiger partial charge in [0.25, 0.3) is 0 Å². The third-order valence-electron chi connectivity index (χ3n) is 5.99. The normalized spacial score (nSPS) is 27.7. The Morgan fingerprint density at radius 2 is 1.87 bits per heavy atom. The van der Waals surface area contributed by atoms with Crippen LogP contribution in [0, 0.1) is 5.92 Å². The van der Waals surface area contributed by atoms with Gasteiger partial charge in [-0.05, 0) is 37.8 Å². The maximum atomic E-state index is 13.7. The fourth-order valence-electron chi connectivity index (χ4n) is 4.66. The number of para-hydroxylation sites is 2. The first kappa shape index (κ1) is 22.9. The second kappa shape index (κ2) is 8.37. The van der Waals surface area contributed by atoms with E-state index in [1.807, 2.05) is 6.92 Å². The van der Waals surface area contributed by atoms with Crippen molar-refractivity contribution in [1.29, 1.82) is 0 Å². The Balaban J connectivity index is 1.98. The lowest BCUT2D eigenvalue weighted by Gasteiger charge is -2.44. The fraction of sp³-hybridized carbons (Fsp3) is 0.650. The molecule has 1 fully saturated rings. The summed E-state index contributed by atoms with van der Waals surface area (Å²) in [4.78, 5) is 13.7. The minimum atomic E-state index is -4.41. The lowest BCUT2D eigenvalue weighted by atomic mass is 9.88. The van der Waals surface area contributed by atoms with E-state index in [9.17, 15) is 26.4 Å². The van der Waals surface area contributed by atoms with Gasteiger partial charge in [-0.1, -0.05) is 25.5 Å². The summed E-state index contributed by atoms with van der Waals surface area (Å²) in [7, 11) is -3.96. The van der Waals surface area contributed by atoms with Gasteiger partial charge in [0.1, 0.15) is 6.04 Å². The summed E-state index contributed by atoms with van der Waals surface area (Å²) in [5, 5.41) is 1.45. The Labute approximate surface area is 175 Å². The number of anilines is 2. The fourth-order valence-corrected chi connectivity index (χ4v) is 6.88. The molecule has 30 heavy (non-hydrogen) atoms. The van der Waals surface area contributed by atoms with Crippen molar-refractivity contribution in [3.05, 3.63) is 24.3 Å². The molecule has 168 valence electrons. The third kappa shape index (κ3) is 4.16. The van der Waals surface area contributed by atoms with Crippen molar-refractivity contribution >= 4 is 27.3 Å². The molecule has 2 aliphatic heterocycles. The number of nitrogens with zero attached hydrogens (tertiary/aromatic N) is 2. The number of benzene rings is 1. The maximum absolute atomic E-state index is 13.7. The number of halogens is 3. The summed E-state index contributed by atoms with van der Waals surface area (Å²) >= 11 is 0. The van der Waals surface area contributed by atoms with E-state index < -0.39 is 39.5 Å². The van der Waals surface area contributed by atoms with Crippen LogP contribution in [0.25, 0.3) is 0 Å². The molecule has 0 aliphatic carbocycles. The van der Waals surface area contributed by atoms with Gasteiger partial charge in [0.15, 0.2) is 0 Å². The summed E-state index contributed by atoms with van der Waals surface area (Å²) in [5.41, 5.74) is 0.885. The molecule has 1 amide bonds. The van der Waals surface area contributed by atoms with Crippen LogP contribution in [0.15, 0.2) is 24.3 Å². The van der Waals surface area contributed by atoms with Gasteiger partial charge in [-0.25, -0.2) is 8.42 Å². The summed E-state index contributed by atoms with van der Waals surface area (Å²) in [6, 6.07) is 4.67. The molecule has 1 N–H and O–H groups in total. The highest BCUT2D eigenvalue weighted by Gasteiger charge is 2.50. The predicted octanol–water partition coefficient (Wildman–Crippen LogP) is 3.29. The monoisotopic (exact) mass is 447 g/mol. The molecule has 1 aromatic carbocycles. The Morgan fingerprint density at radius 1 is 1.23 bits per heavy atom. The van der Waals surface area contributed by atoms with Gasteiger partial charge in [0.2, 0.25) is 15.9 Å². The molecule has 0 spiro atoms. The Hall–Kier alpha value is -1.81. The van der Waals surface area contributed by atoms with Crippen LogP contribution in [0.2, 0.25) is 0 Å². The van der Waals surface area contributed by atoms with Crippen molar-refractivity contribution < 1.29 is 26.4 Å². The zero-order valence-corrected chi connectivity index (χ0v) is 18.1. The van der Waals surface area contributed by atoms with Gasteiger partial charge >= 0.3 is 6.18 Å². The van der Waals surface area contributed by atoms with Gasteiger partial charge in [0.05, 0.1) is 29.2 Å². The number of fused-ring (bicyclic) bond motifs is 1. The molecule has 0 radical (unpaired) electrons. The molecule has 1 aromatic rings. The van der Waals surface area contributed by atoms with Crippen molar-refractivity contribution in [2.45, 2.75) is 63.5 Å². The molecule has 2 aliphatic rings. The number of alkyl halides is 3. The van der Waals surface area contributed by atoms with Gasteiger partial charge in [-0.3, -0.25) is 9.10 Å². The van der Waals surface area contributed by atoms with Crippen LogP contribution in [-0.2, 0) is 14.8 Å². The number of carbonyl (C=O) groups is 1. The molecule has 2 heterocycles. The maximum Gasteiger partial charge on any atom is 0.403 e. The van der Waals surface area contributed by atoms with Crippen LogP contribution in [0.1, 0.15) is 40.0 Å². The highest BCUT2D eigenvalue weighted by atomic mass is 32.2. The van der Waals surface area contributed by atoms with Crippen molar-refractivity contribution in [3.63, 3.8) is 0 Å². The zero-order valence-electron chi connectivity index (χ0n) is 17.3. The standard InChI is InChI=1S/C20H28F3N3O3S/c1-4-7-15-10-19(20(21,22)23)24-11-18(15)30(28,29)25-12-13(2)26(14(3)27)17-9-6-5-8-16(17)25/h5-6,8-9,13,15,18-19,24H,4,7,10-12H2,1-3H3/t13-,15?,18?,19?/m0/s1. The molecule has 0 bridgehead atoms. The quantitative estimate of drug-likeness (QED) is 0.769. The van der Waals surface area contributed by atoms with Crippen LogP contribution in [0.5, 0.6) is 0 Å². The van der Waals surface area contributed by atoms with Crippen LogP contribution in [0.4, 0.5) is 24.5 Å². The first-order valence-corrected chi connectivity index (χ1v) is 11.7. The second-order valence-electron chi connectivity index (χ2n) is 8.13. The van der Waals surface area contributed by atoms with Gasteiger partial charge in [0, 0.05) is 13.5 Å². The summed E-state index contributed by atoms with van der Waals surface area (Å²) in [6.45, 7) is 4.86. The van der Waals surface area contributed by atoms with E-state index in [-0.39, 0.29) is 25.4 Å². The van der Waals surface area contributed by atoms with E-state index in [2.05, 4.69) is 5.32 Å². The van der Waals surface area contributed by atoms with Crippen molar-refractivity contribution in [1.82, 2.24) is 5.32 Å². The van der Waals surface area contributed by atoms with E-state index in [0.717, 1.165) is 0 Å². The first-order chi connectivity index (χ1) is 14.0. The Bertz CT molecular complexity index is 891. The molecular weight excluding hydrogens is 419 g/mol. The zero-order chi connectivity index (χ0) is 22.3. The largest absolute Gasteiger partial charge is 0.403 e. The molecule has 4 atom stereocenters. The van der Waals surface area contributed by atoms with Crippen molar-refractivity contribution in [2.75, 3.05) is 22.3 Å². The van der Waals surface area contributed by atoms with Crippen LogP contribution < -0.4 is 14.5 Å². The highest BCUT2D eigenvalue weighted by Crippen LogP contribution is 2.41. The van der Waals surface area contributed by atoms with E-state index in [0.29, 0.717) is 24.2 Å². The second-order valence-corrected chi connectivity index (χ2v) is 10.2. The summed E-state index contributed by atoms with van der Waals surface area (Å²) in [5.74, 6) is -0.788.